The summed E-state index contributed by atoms with van der Waals surface area (Å²) in [5.74, 6) is -0.169. The molecule has 0 aromatic heterocycles. The van der Waals surface area contributed by atoms with Gasteiger partial charge in [-0.05, 0) is 20.3 Å². The van der Waals surface area contributed by atoms with Crippen molar-refractivity contribution >= 4 is 13.8 Å². The van der Waals surface area contributed by atoms with Crippen LogP contribution < -0.4 is 0 Å². The van der Waals surface area contributed by atoms with Crippen molar-refractivity contribution in [3.05, 3.63) is 0 Å². The molecule has 6 nitrogen and oxygen atoms in total. The van der Waals surface area contributed by atoms with Gasteiger partial charge in [0.05, 0.1) is 26.4 Å². The fourth-order valence-corrected chi connectivity index (χ4v) is 4.77. The molecule has 0 aliphatic heterocycles. The lowest BCUT2D eigenvalue weighted by atomic mass is 10.0. The van der Waals surface area contributed by atoms with E-state index >= 15 is 0 Å². The molecule has 0 saturated heterocycles. The largest absolute Gasteiger partial charge is 0.474 e. The van der Waals surface area contributed by atoms with E-state index in [-0.39, 0.29) is 32.4 Å². The van der Waals surface area contributed by atoms with Gasteiger partial charge in [0.25, 0.3) is 0 Å². The highest BCUT2D eigenvalue weighted by atomic mass is 31.2. The quantitative estimate of drug-likeness (QED) is 0.0745. The van der Waals surface area contributed by atoms with E-state index in [0.29, 0.717) is 12.8 Å². The van der Waals surface area contributed by atoms with Crippen LogP contribution in [0.1, 0.15) is 130 Å². The van der Waals surface area contributed by atoms with Gasteiger partial charge in [-0.25, -0.2) is 4.57 Å². The highest BCUT2D eigenvalue weighted by Gasteiger charge is 2.24. The summed E-state index contributed by atoms with van der Waals surface area (Å²) in [5.41, 5.74) is 0. The average molecular weight is 479 g/mol. The number of unbranched alkanes of at least 4 members (excludes halogenated alkanes) is 14. The van der Waals surface area contributed by atoms with E-state index in [1.807, 2.05) is 0 Å². The van der Waals surface area contributed by atoms with Gasteiger partial charge in [0.15, 0.2) is 0 Å². The minimum atomic E-state index is -3.47. The first-order chi connectivity index (χ1) is 15.6. The molecule has 0 amide bonds. The van der Waals surface area contributed by atoms with Gasteiger partial charge in [-0.15, -0.1) is 0 Å². The van der Waals surface area contributed by atoms with Gasteiger partial charge in [-0.1, -0.05) is 96.8 Å². The number of phosphoric acid groups is 1. The number of phosphoric ester groups is 1. The molecule has 7 heteroatoms. The van der Waals surface area contributed by atoms with Crippen LogP contribution in [0.2, 0.25) is 0 Å². The molecule has 0 N–H and O–H groups in total. The zero-order valence-electron chi connectivity index (χ0n) is 21.2. The van der Waals surface area contributed by atoms with E-state index in [2.05, 4.69) is 6.92 Å². The molecule has 0 bridgehead atoms. The summed E-state index contributed by atoms with van der Waals surface area (Å²) in [6.07, 6.45) is 20.6. The summed E-state index contributed by atoms with van der Waals surface area (Å²) >= 11 is 0. The molecule has 0 rings (SSSR count). The Morgan fingerprint density at radius 3 is 1.44 bits per heavy atom. The van der Waals surface area contributed by atoms with Crippen LogP contribution in [0.3, 0.4) is 0 Å². The van der Waals surface area contributed by atoms with Crippen LogP contribution >= 0.6 is 7.82 Å². The number of carbonyl (C=O) groups excluding carboxylic acids is 1. The molecular formula is C25H51O6P. The second-order valence-corrected chi connectivity index (χ2v) is 10.1. The smallest absolute Gasteiger partial charge is 0.466 e. The Labute approximate surface area is 198 Å². The molecule has 0 radical (unpaired) electrons. The third-order valence-corrected chi connectivity index (χ3v) is 7.01. The minimum absolute atomic E-state index is 0.169. The topological polar surface area (TPSA) is 71.1 Å². The van der Waals surface area contributed by atoms with Crippen molar-refractivity contribution in [1.29, 1.82) is 0 Å². The van der Waals surface area contributed by atoms with Crippen molar-refractivity contribution in [2.75, 3.05) is 26.4 Å². The lowest BCUT2D eigenvalue weighted by molar-refractivity contribution is -0.144. The summed E-state index contributed by atoms with van der Waals surface area (Å²) in [4.78, 5) is 11.8. The summed E-state index contributed by atoms with van der Waals surface area (Å²) < 4.78 is 32.6. The molecule has 0 unspecified atom stereocenters. The number of rotatable bonds is 25. The molecule has 0 spiro atoms. The first-order valence-electron chi connectivity index (χ1n) is 13.3. The van der Waals surface area contributed by atoms with Crippen LogP contribution in [0.15, 0.2) is 0 Å². The molecule has 0 aromatic rings. The second kappa shape index (κ2) is 23.7. The number of hydrogen-bond acceptors (Lipinski definition) is 6. The molecule has 192 valence electrons. The average Bonchev–Trinajstić information content (AvgIpc) is 2.76. The van der Waals surface area contributed by atoms with E-state index in [1.54, 1.807) is 13.8 Å². The number of ether oxygens (including phenoxy) is 1. The van der Waals surface area contributed by atoms with E-state index in [9.17, 15) is 9.36 Å². The van der Waals surface area contributed by atoms with E-state index in [4.69, 9.17) is 18.3 Å². The van der Waals surface area contributed by atoms with Crippen LogP contribution in [-0.4, -0.2) is 32.4 Å². The fraction of sp³-hybridized carbons (Fsp3) is 0.960. The zero-order chi connectivity index (χ0) is 23.8. The summed E-state index contributed by atoms with van der Waals surface area (Å²) in [5, 5.41) is 0. The van der Waals surface area contributed by atoms with Crippen LogP contribution in [0.25, 0.3) is 0 Å². The Hall–Kier alpha value is -0.420. The van der Waals surface area contributed by atoms with Crippen molar-refractivity contribution in [1.82, 2.24) is 0 Å². The molecule has 0 fully saturated rings. The minimum Gasteiger partial charge on any atom is -0.466 e. The van der Waals surface area contributed by atoms with E-state index < -0.39 is 7.82 Å². The van der Waals surface area contributed by atoms with Gasteiger partial charge in [-0.3, -0.25) is 18.4 Å². The SMILES string of the molecule is CCCCCCCCCCCCCCCCCC(=O)OCCCOP(=O)(OCC)OCC. The Balaban J connectivity index is 3.37. The highest BCUT2D eigenvalue weighted by Crippen LogP contribution is 2.49. The molecule has 0 atom stereocenters. The highest BCUT2D eigenvalue weighted by molar-refractivity contribution is 7.48. The van der Waals surface area contributed by atoms with Gasteiger partial charge < -0.3 is 4.74 Å². The van der Waals surface area contributed by atoms with Gasteiger partial charge in [0.1, 0.15) is 0 Å². The predicted molar refractivity (Wildman–Crippen MR) is 132 cm³/mol. The second-order valence-electron chi connectivity index (χ2n) is 8.39. The third-order valence-electron chi connectivity index (χ3n) is 5.36. The molecule has 0 heterocycles. The molecular weight excluding hydrogens is 427 g/mol. The van der Waals surface area contributed by atoms with Gasteiger partial charge in [0.2, 0.25) is 0 Å². The molecule has 0 aromatic carbocycles. The molecule has 32 heavy (non-hydrogen) atoms. The number of carbonyl (C=O) groups is 1. The third kappa shape index (κ3) is 21.4. The lowest BCUT2D eigenvalue weighted by Gasteiger charge is -2.16. The maximum absolute atomic E-state index is 12.1. The summed E-state index contributed by atoms with van der Waals surface area (Å²) in [7, 11) is -3.47. The van der Waals surface area contributed by atoms with Crippen LogP contribution in [0.4, 0.5) is 0 Å². The van der Waals surface area contributed by atoms with Crippen molar-refractivity contribution in [2.45, 2.75) is 130 Å². The maximum Gasteiger partial charge on any atom is 0.474 e. The van der Waals surface area contributed by atoms with Crippen molar-refractivity contribution in [3.8, 4) is 0 Å². The number of esters is 1. The van der Waals surface area contributed by atoms with Crippen LogP contribution in [-0.2, 0) is 27.7 Å². The fourth-order valence-electron chi connectivity index (χ4n) is 3.56. The van der Waals surface area contributed by atoms with Gasteiger partial charge in [-0.2, -0.15) is 0 Å². The van der Waals surface area contributed by atoms with Crippen LogP contribution in [0.5, 0.6) is 0 Å². The van der Waals surface area contributed by atoms with Crippen molar-refractivity contribution in [2.24, 2.45) is 0 Å². The Morgan fingerprint density at radius 2 is 1.00 bits per heavy atom. The van der Waals surface area contributed by atoms with E-state index in [1.165, 1.54) is 83.5 Å². The van der Waals surface area contributed by atoms with Crippen molar-refractivity contribution < 1.29 is 27.7 Å². The summed E-state index contributed by atoms with van der Waals surface area (Å²) in [6.45, 7) is 6.67. The van der Waals surface area contributed by atoms with Crippen molar-refractivity contribution in [3.63, 3.8) is 0 Å². The first-order valence-corrected chi connectivity index (χ1v) is 14.7. The monoisotopic (exact) mass is 478 g/mol. The standard InChI is InChI=1S/C25H51O6P/c1-4-7-8-9-10-11-12-13-14-15-16-17-18-19-20-22-25(26)28-23-21-24-31-32(27,29-5-2)30-6-3/h4-24H2,1-3H3. The molecule has 0 aliphatic carbocycles. The Kier molecular flexibility index (Phi) is 23.4. The lowest BCUT2D eigenvalue weighted by Crippen LogP contribution is -2.08. The van der Waals surface area contributed by atoms with E-state index in [0.717, 1.165) is 12.8 Å². The summed E-state index contributed by atoms with van der Waals surface area (Å²) in [6, 6.07) is 0. The Bertz CT molecular complexity index is 448. The normalized spacial score (nSPS) is 11.7. The zero-order valence-corrected chi connectivity index (χ0v) is 22.1. The number of hydrogen-bond donors (Lipinski definition) is 0. The Morgan fingerprint density at radius 1 is 0.562 bits per heavy atom. The first kappa shape index (κ1) is 31.6. The maximum atomic E-state index is 12.1. The van der Waals surface area contributed by atoms with Gasteiger partial charge in [0, 0.05) is 12.8 Å². The van der Waals surface area contributed by atoms with Crippen LogP contribution in [0, 0.1) is 0 Å². The van der Waals surface area contributed by atoms with Gasteiger partial charge >= 0.3 is 13.8 Å². The molecule has 0 saturated carbocycles. The predicted octanol–water partition coefficient (Wildman–Crippen LogP) is 8.38. The molecule has 0 aliphatic rings.